The van der Waals surface area contributed by atoms with Crippen molar-refractivity contribution in [2.24, 2.45) is 5.41 Å². The quantitative estimate of drug-likeness (QED) is 0.617. The van der Waals surface area contributed by atoms with Gasteiger partial charge in [-0.1, -0.05) is 30.3 Å². The summed E-state index contributed by atoms with van der Waals surface area (Å²) in [6, 6.07) is 16.4. The average Bonchev–Trinajstić information content (AvgIpc) is 3.36. The molecule has 2 atom stereocenters. The fourth-order valence-electron chi connectivity index (χ4n) is 4.04. The van der Waals surface area contributed by atoms with Crippen LogP contribution in [0.2, 0.25) is 0 Å². The average molecular weight is 377 g/mol. The highest BCUT2D eigenvalue weighted by Crippen LogP contribution is 2.32. The van der Waals surface area contributed by atoms with Crippen molar-refractivity contribution in [2.75, 3.05) is 26.7 Å². The first-order valence-electron chi connectivity index (χ1n) is 9.80. The number of fused-ring (bicyclic) bond motifs is 1. The molecule has 2 unspecified atom stereocenters. The molecule has 0 radical (unpaired) electrons. The molecule has 1 fully saturated rings. The lowest BCUT2D eigenvalue weighted by Crippen LogP contribution is -2.42. The monoisotopic (exact) mass is 377 g/mol. The number of nitrogens with one attached hydrogen (secondary N) is 3. The van der Waals surface area contributed by atoms with Crippen molar-refractivity contribution in [3.05, 3.63) is 65.9 Å². The number of carbonyl (C=O) groups excluding carboxylic acids is 1. The Balaban J connectivity index is 1.64. The molecule has 2 heterocycles. The number of para-hydroxylation sites is 1. The van der Waals surface area contributed by atoms with Gasteiger partial charge in [-0.2, -0.15) is 0 Å². The van der Waals surface area contributed by atoms with Crippen molar-refractivity contribution in [1.29, 1.82) is 0 Å². The Morgan fingerprint density at radius 2 is 2.00 bits per heavy atom. The van der Waals surface area contributed by atoms with E-state index in [1.54, 1.807) is 7.11 Å². The Morgan fingerprint density at radius 3 is 2.71 bits per heavy atom. The summed E-state index contributed by atoms with van der Waals surface area (Å²) in [7, 11) is 1.67. The molecule has 5 heteroatoms. The molecule has 5 nitrogen and oxygen atoms in total. The van der Waals surface area contributed by atoms with Gasteiger partial charge in [0.1, 0.15) is 5.75 Å². The largest absolute Gasteiger partial charge is 0.497 e. The first-order chi connectivity index (χ1) is 13.6. The molecule has 1 saturated heterocycles. The molecule has 3 N–H and O–H groups in total. The van der Waals surface area contributed by atoms with Crippen molar-refractivity contribution < 1.29 is 9.53 Å². The van der Waals surface area contributed by atoms with E-state index in [1.165, 1.54) is 10.9 Å². The summed E-state index contributed by atoms with van der Waals surface area (Å²) in [6.45, 7) is 4.23. The van der Waals surface area contributed by atoms with Crippen molar-refractivity contribution >= 4 is 16.8 Å². The lowest BCUT2D eigenvalue weighted by Gasteiger charge is -2.24. The standard InChI is InChI=1S/C23H27N3O2/c1-23(11-12-24-15-23)22(27)26-13-19(16-7-9-17(28-2)10-8-16)20-14-25-21-6-4-3-5-18(20)21/h3-10,14,19,24-25H,11-13,15H2,1-2H3,(H,26,27). The molecule has 0 spiro atoms. The Kier molecular flexibility index (Phi) is 5.09. The highest BCUT2D eigenvalue weighted by Gasteiger charge is 2.36. The summed E-state index contributed by atoms with van der Waals surface area (Å²) in [5, 5.41) is 7.71. The minimum Gasteiger partial charge on any atom is -0.497 e. The van der Waals surface area contributed by atoms with Crippen LogP contribution >= 0.6 is 0 Å². The van der Waals surface area contributed by atoms with Gasteiger partial charge in [0.25, 0.3) is 0 Å². The minimum absolute atomic E-state index is 0.0592. The Labute approximate surface area is 165 Å². The second kappa shape index (κ2) is 7.68. The molecule has 1 aromatic heterocycles. The van der Waals surface area contributed by atoms with Gasteiger partial charge in [-0.05, 0) is 49.2 Å². The SMILES string of the molecule is COc1ccc(C(CNC(=O)C2(C)CCNC2)c2c[nH]c3ccccc23)cc1. The van der Waals surface area contributed by atoms with Crippen LogP contribution in [0.3, 0.4) is 0 Å². The lowest BCUT2D eigenvalue weighted by atomic mass is 9.87. The Bertz CT molecular complexity index is 955. The number of H-pyrrole nitrogens is 1. The number of rotatable bonds is 6. The van der Waals surface area contributed by atoms with Crippen molar-refractivity contribution in [2.45, 2.75) is 19.3 Å². The van der Waals surface area contributed by atoms with E-state index in [9.17, 15) is 4.79 Å². The van der Waals surface area contributed by atoms with Gasteiger partial charge < -0.3 is 20.4 Å². The molecule has 0 bridgehead atoms. The predicted octanol–water partition coefficient (Wildman–Crippen LogP) is 3.42. The first-order valence-corrected chi connectivity index (χ1v) is 9.80. The van der Waals surface area contributed by atoms with Gasteiger partial charge in [-0.25, -0.2) is 0 Å². The molecule has 3 aromatic rings. The van der Waals surface area contributed by atoms with E-state index in [2.05, 4.69) is 52.1 Å². The van der Waals surface area contributed by atoms with Crippen molar-refractivity contribution in [3.63, 3.8) is 0 Å². The zero-order valence-electron chi connectivity index (χ0n) is 16.4. The maximum Gasteiger partial charge on any atom is 0.227 e. The van der Waals surface area contributed by atoms with Gasteiger partial charge in [-0.3, -0.25) is 4.79 Å². The second-order valence-electron chi connectivity index (χ2n) is 7.81. The van der Waals surface area contributed by atoms with E-state index in [0.717, 1.165) is 36.3 Å². The van der Waals surface area contributed by atoms with Crippen LogP contribution in [0.1, 0.15) is 30.4 Å². The first kappa shape index (κ1) is 18.6. The van der Waals surface area contributed by atoms with Crippen LogP contribution in [0.5, 0.6) is 5.75 Å². The predicted molar refractivity (Wildman–Crippen MR) is 112 cm³/mol. The summed E-state index contributed by atoms with van der Waals surface area (Å²) < 4.78 is 5.31. The number of hydrogen-bond donors (Lipinski definition) is 3. The molecule has 0 saturated carbocycles. The summed E-state index contributed by atoms with van der Waals surface area (Å²) >= 11 is 0. The highest BCUT2D eigenvalue weighted by molar-refractivity contribution is 5.85. The van der Waals surface area contributed by atoms with Crippen LogP contribution < -0.4 is 15.4 Å². The maximum atomic E-state index is 12.9. The Hall–Kier alpha value is -2.79. The normalized spacial score (nSPS) is 20.2. The molecule has 4 rings (SSSR count). The fraction of sp³-hybridized carbons (Fsp3) is 0.348. The zero-order valence-corrected chi connectivity index (χ0v) is 16.4. The molecule has 1 aliphatic rings. The summed E-state index contributed by atoms with van der Waals surface area (Å²) in [5.74, 6) is 1.01. The highest BCUT2D eigenvalue weighted by atomic mass is 16.5. The molecule has 2 aromatic carbocycles. The van der Waals surface area contributed by atoms with Crippen LogP contribution in [-0.2, 0) is 4.79 Å². The molecule has 28 heavy (non-hydrogen) atoms. The van der Waals surface area contributed by atoms with Gasteiger partial charge in [0.05, 0.1) is 12.5 Å². The number of carbonyl (C=O) groups is 1. The molecule has 1 amide bonds. The van der Waals surface area contributed by atoms with Crippen LogP contribution in [-0.4, -0.2) is 37.6 Å². The topological polar surface area (TPSA) is 66.2 Å². The number of aromatic amines is 1. The number of amides is 1. The van der Waals surface area contributed by atoms with Crippen molar-refractivity contribution in [3.8, 4) is 5.75 Å². The Morgan fingerprint density at radius 1 is 1.21 bits per heavy atom. The van der Waals surface area contributed by atoms with Crippen molar-refractivity contribution in [1.82, 2.24) is 15.6 Å². The van der Waals surface area contributed by atoms with Crippen LogP contribution in [0.25, 0.3) is 10.9 Å². The van der Waals surface area contributed by atoms with E-state index in [1.807, 2.05) is 25.1 Å². The van der Waals surface area contributed by atoms with E-state index >= 15 is 0 Å². The van der Waals surface area contributed by atoms with Crippen LogP contribution in [0.15, 0.2) is 54.7 Å². The van der Waals surface area contributed by atoms with Crippen LogP contribution in [0, 0.1) is 5.41 Å². The number of aromatic nitrogens is 1. The zero-order chi connectivity index (χ0) is 19.6. The van der Waals surface area contributed by atoms with Gasteiger partial charge in [0.15, 0.2) is 0 Å². The lowest BCUT2D eigenvalue weighted by molar-refractivity contribution is -0.129. The third-order valence-electron chi connectivity index (χ3n) is 5.90. The summed E-state index contributed by atoms with van der Waals surface area (Å²) in [4.78, 5) is 16.2. The van der Waals surface area contributed by atoms with E-state index in [4.69, 9.17) is 4.74 Å². The summed E-state index contributed by atoms with van der Waals surface area (Å²) in [6.07, 6.45) is 2.93. The molecule has 146 valence electrons. The maximum absolute atomic E-state index is 12.9. The fourth-order valence-corrected chi connectivity index (χ4v) is 4.04. The number of ether oxygens (including phenoxy) is 1. The molecule has 1 aliphatic heterocycles. The van der Waals surface area contributed by atoms with Gasteiger partial charge >= 0.3 is 0 Å². The molecule has 0 aliphatic carbocycles. The van der Waals surface area contributed by atoms with E-state index in [0.29, 0.717) is 6.54 Å². The van der Waals surface area contributed by atoms with Gasteiger partial charge in [0, 0.05) is 36.1 Å². The number of hydrogen-bond acceptors (Lipinski definition) is 3. The van der Waals surface area contributed by atoms with Gasteiger partial charge in [0.2, 0.25) is 5.91 Å². The van der Waals surface area contributed by atoms with E-state index in [-0.39, 0.29) is 17.2 Å². The molecular formula is C23H27N3O2. The number of benzene rings is 2. The summed E-state index contributed by atoms with van der Waals surface area (Å²) in [5.41, 5.74) is 3.12. The number of methoxy groups -OCH3 is 1. The third-order valence-corrected chi connectivity index (χ3v) is 5.90. The smallest absolute Gasteiger partial charge is 0.227 e. The third kappa shape index (κ3) is 3.50. The van der Waals surface area contributed by atoms with Crippen LogP contribution in [0.4, 0.5) is 0 Å². The minimum atomic E-state index is -0.329. The van der Waals surface area contributed by atoms with E-state index < -0.39 is 0 Å². The molecular weight excluding hydrogens is 350 g/mol. The van der Waals surface area contributed by atoms with Gasteiger partial charge in [-0.15, -0.1) is 0 Å². The second-order valence-corrected chi connectivity index (χ2v) is 7.81.